The molecule has 0 unspecified atom stereocenters. The second-order valence-corrected chi connectivity index (χ2v) is 8.95. The molecule has 192 valence electrons. The molecule has 0 fully saturated rings. The van der Waals surface area contributed by atoms with Gasteiger partial charge in [0.25, 0.3) is 0 Å². The Morgan fingerprint density at radius 3 is 2.59 bits per heavy atom. The highest BCUT2D eigenvalue weighted by Gasteiger charge is 2.18. The first-order chi connectivity index (χ1) is 17.9. The quantitative estimate of drug-likeness (QED) is 0.370. The van der Waals surface area contributed by atoms with Crippen molar-refractivity contribution in [1.82, 2.24) is 24.4 Å². The normalized spacial score (nSPS) is 12.1. The minimum Gasteiger partial charge on any atom is -0.454 e. The minimum absolute atomic E-state index is 0.00627. The van der Waals surface area contributed by atoms with Crippen LogP contribution in [0.15, 0.2) is 48.8 Å². The van der Waals surface area contributed by atoms with E-state index in [1.807, 2.05) is 34.7 Å². The fraction of sp³-hybridized carbons (Fsp3) is 0.308. The fourth-order valence-electron chi connectivity index (χ4n) is 3.92. The standard InChI is InChI=1S/C26H28FN7O3/c1-17(35)32(2)10-11-33(3)26-30-24(28-13-19-6-9-21-22(12-19)37-16-36-21)23-25(31-26)34(15-29-23)14-18-4-7-20(27)8-5-18/h4-9,12,15H,10-11,13-14,16H2,1-3H3,(H,28,30,31). The number of rotatable bonds is 9. The Hall–Kier alpha value is -4.41. The number of hydrogen-bond donors (Lipinski definition) is 1. The van der Waals surface area contributed by atoms with E-state index >= 15 is 0 Å². The summed E-state index contributed by atoms with van der Waals surface area (Å²) in [7, 11) is 3.65. The number of ether oxygens (including phenoxy) is 2. The van der Waals surface area contributed by atoms with Crippen LogP contribution in [-0.2, 0) is 17.9 Å². The number of anilines is 2. The van der Waals surface area contributed by atoms with Crippen molar-refractivity contribution in [3.05, 3.63) is 65.7 Å². The molecule has 1 N–H and O–H groups in total. The summed E-state index contributed by atoms with van der Waals surface area (Å²) in [5, 5.41) is 3.39. The number of amides is 1. The molecule has 0 atom stereocenters. The average molecular weight is 506 g/mol. The van der Waals surface area contributed by atoms with Gasteiger partial charge in [0.15, 0.2) is 28.5 Å². The topological polar surface area (TPSA) is 97.6 Å². The van der Waals surface area contributed by atoms with Crippen LogP contribution in [0, 0.1) is 5.82 Å². The van der Waals surface area contributed by atoms with Crippen molar-refractivity contribution < 1.29 is 18.7 Å². The lowest BCUT2D eigenvalue weighted by atomic mass is 10.2. The number of halogens is 1. The highest BCUT2D eigenvalue weighted by atomic mass is 19.1. The van der Waals surface area contributed by atoms with Crippen molar-refractivity contribution in [3.63, 3.8) is 0 Å². The molecule has 0 aliphatic carbocycles. The number of nitrogens with one attached hydrogen (secondary N) is 1. The monoisotopic (exact) mass is 505 g/mol. The highest BCUT2D eigenvalue weighted by Crippen LogP contribution is 2.33. The van der Waals surface area contributed by atoms with Crippen molar-refractivity contribution in [2.24, 2.45) is 0 Å². The van der Waals surface area contributed by atoms with Crippen molar-refractivity contribution in [2.45, 2.75) is 20.0 Å². The molecule has 1 amide bonds. The molecule has 0 spiro atoms. The van der Waals surface area contributed by atoms with E-state index in [2.05, 4.69) is 10.3 Å². The number of carbonyl (C=O) groups excluding carboxylic acids is 1. The molecule has 5 rings (SSSR count). The van der Waals surface area contributed by atoms with Gasteiger partial charge in [-0.2, -0.15) is 9.97 Å². The number of aromatic nitrogens is 4. The smallest absolute Gasteiger partial charge is 0.231 e. The molecule has 11 heteroatoms. The van der Waals surface area contributed by atoms with Crippen LogP contribution in [0.1, 0.15) is 18.1 Å². The Balaban J connectivity index is 1.44. The Kier molecular flexibility index (Phi) is 6.76. The van der Waals surface area contributed by atoms with E-state index in [1.54, 1.807) is 30.4 Å². The van der Waals surface area contributed by atoms with Gasteiger partial charge >= 0.3 is 0 Å². The maximum absolute atomic E-state index is 13.4. The van der Waals surface area contributed by atoms with E-state index in [4.69, 9.17) is 19.4 Å². The van der Waals surface area contributed by atoms with Crippen LogP contribution in [0.25, 0.3) is 11.2 Å². The molecule has 1 aliphatic rings. The lowest BCUT2D eigenvalue weighted by molar-refractivity contribution is -0.127. The second kappa shape index (κ2) is 10.3. The van der Waals surface area contributed by atoms with Crippen LogP contribution in [0.2, 0.25) is 0 Å². The summed E-state index contributed by atoms with van der Waals surface area (Å²) in [4.78, 5) is 29.3. The third-order valence-electron chi connectivity index (χ3n) is 6.26. The van der Waals surface area contributed by atoms with Crippen molar-refractivity contribution in [3.8, 4) is 11.5 Å². The molecule has 0 saturated carbocycles. The molecule has 37 heavy (non-hydrogen) atoms. The van der Waals surface area contributed by atoms with Gasteiger partial charge < -0.3 is 29.2 Å². The Morgan fingerprint density at radius 1 is 1.05 bits per heavy atom. The fourth-order valence-corrected chi connectivity index (χ4v) is 3.92. The van der Waals surface area contributed by atoms with E-state index in [1.165, 1.54) is 19.1 Å². The molecular formula is C26H28FN7O3. The minimum atomic E-state index is -0.281. The third-order valence-corrected chi connectivity index (χ3v) is 6.26. The molecule has 4 aromatic rings. The highest BCUT2D eigenvalue weighted by molar-refractivity contribution is 5.84. The number of nitrogens with zero attached hydrogens (tertiary/aromatic N) is 6. The molecule has 1 aliphatic heterocycles. The number of carbonyl (C=O) groups is 1. The first-order valence-corrected chi connectivity index (χ1v) is 11.9. The molecule has 2 aromatic heterocycles. The second-order valence-electron chi connectivity index (χ2n) is 8.95. The Labute approximate surface area is 213 Å². The molecule has 0 saturated heterocycles. The van der Waals surface area contributed by atoms with E-state index < -0.39 is 0 Å². The lowest BCUT2D eigenvalue weighted by Crippen LogP contribution is -2.34. The lowest BCUT2D eigenvalue weighted by Gasteiger charge is -2.22. The largest absolute Gasteiger partial charge is 0.454 e. The summed E-state index contributed by atoms with van der Waals surface area (Å²) >= 11 is 0. The maximum Gasteiger partial charge on any atom is 0.231 e. The zero-order valence-electron chi connectivity index (χ0n) is 20.9. The summed E-state index contributed by atoms with van der Waals surface area (Å²) in [6.45, 7) is 3.81. The Morgan fingerprint density at radius 2 is 1.81 bits per heavy atom. The molecule has 2 aromatic carbocycles. The van der Waals surface area contributed by atoms with Crippen LogP contribution >= 0.6 is 0 Å². The van der Waals surface area contributed by atoms with Crippen molar-refractivity contribution in [2.75, 3.05) is 44.2 Å². The predicted molar refractivity (Wildman–Crippen MR) is 137 cm³/mol. The number of benzene rings is 2. The molecular weight excluding hydrogens is 477 g/mol. The van der Waals surface area contributed by atoms with Crippen molar-refractivity contribution in [1.29, 1.82) is 0 Å². The van der Waals surface area contributed by atoms with Gasteiger partial charge in [0, 0.05) is 40.7 Å². The van der Waals surface area contributed by atoms with Crippen LogP contribution in [0.5, 0.6) is 11.5 Å². The van der Waals surface area contributed by atoms with Crippen molar-refractivity contribution >= 4 is 28.8 Å². The van der Waals surface area contributed by atoms with Crippen LogP contribution in [-0.4, -0.2) is 64.3 Å². The zero-order chi connectivity index (χ0) is 25.9. The van der Waals surface area contributed by atoms with Gasteiger partial charge in [0.1, 0.15) is 5.82 Å². The van der Waals surface area contributed by atoms with Gasteiger partial charge in [0.2, 0.25) is 18.6 Å². The first-order valence-electron chi connectivity index (χ1n) is 11.9. The zero-order valence-corrected chi connectivity index (χ0v) is 20.9. The molecule has 0 bridgehead atoms. The number of imidazole rings is 1. The number of likely N-dealkylation sites (N-methyl/N-ethyl adjacent to an activating group) is 2. The summed E-state index contributed by atoms with van der Waals surface area (Å²) in [5.74, 6) is 2.24. The van der Waals surface area contributed by atoms with Gasteiger partial charge in [-0.3, -0.25) is 4.79 Å². The maximum atomic E-state index is 13.4. The average Bonchev–Trinajstić information content (AvgIpc) is 3.53. The number of fused-ring (bicyclic) bond motifs is 2. The summed E-state index contributed by atoms with van der Waals surface area (Å²) in [6.07, 6.45) is 1.71. The third kappa shape index (κ3) is 5.40. The van der Waals surface area contributed by atoms with Crippen LogP contribution in [0.3, 0.4) is 0 Å². The SMILES string of the molecule is CC(=O)N(C)CCN(C)c1nc(NCc2ccc3c(c2)OCO3)c2ncn(Cc3ccc(F)cc3)c2n1. The van der Waals surface area contributed by atoms with Gasteiger partial charge in [0.05, 0.1) is 12.9 Å². The molecule has 10 nitrogen and oxygen atoms in total. The molecule has 3 heterocycles. The van der Waals surface area contributed by atoms with E-state index in [0.717, 1.165) is 16.9 Å². The Bertz CT molecular complexity index is 1420. The first kappa shape index (κ1) is 24.3. The van der Waals surface area contributed by atoms with Crippen LogP contribution in [0.4, 0.5) is 16.2 Å². The number of hydrogen-bond acceptors (Lipinski definition) is 8. The van der Waals surface area contributed by atoms with Crippen LogP contribution < -0.4 is 19.7 Å². The molecule has 0 radical (unpaired) electrons. The van der Waals surface area contributed by atoms with Gasteiger partial charge in [-0.05, 0) is 35.4 Å². The summed E-state index contributed by atoms with van der Waals surface area (Å²) in [6, 6.07) is 12.1. The summed E-state index contributed by atoms with van der Waals surface area (Å²) < 4.78 is 26.2. The summed E-state index contributed by atoms with van der Waals surface area (Å²) in [5.41, 5.74) is 3.20. The van der Waals surface area contributed by atoms with E-state index in [0.29, 0.717) is 54.9 Å². The van der Waals surface area contributed by atoms with E-state index in [9.17, 15) is 9.18 Å². The van der Waals surface area contributed by atoms with Gasteiger partial charge in [-0.25, -0.2) is 9.37 Å². The predicted octanol–water partition coefficient (Wildman–Crippen LogP) is 3.27. The van der Waals surface area contributed by atoms with Gasteiger partial charge in [-0.15, -0.1) is 0 Å². The van der Waals surface area contributed by atoms with E-state index in [-0.39, 0.29) is 18.5 Å². The van der Waals surface area contributed by atoms with Gasteiger partial charge in [-0.1, -0.05) is 18.2 Å².